The largest absolute Gasteiger partial charge is 0.0882 e. The summed E-state index contributed by atoms with van der Waals surface area (Å²) in [6.07, 6.45) is 28.0. The van der Waals surface area contributed by atoms with Crippen LogP contribution in [0.25, 0.3) is 0 Å². The van der Waals surface area contributed by atoms with Gasteiger partial charge in [0.2, 0.25) is 0 Å². The van der Waals surface area contributed by atoms with E-state index in [4.69, 9.17) is 0 Å². The van der Waals surface area contributed by atoms with E-state index in [0.717, 1.165) is 0 Å². The van der Waals surface area contributed by atoms with E-state index in [9.17, 15) is 0 Å². The number of hydrogen-bond donors (Lipinski definition) is 0. The van der Waals surface area contributed by atoms with Gasteiger partial charge >= 0.3 is 0 Å². The Balaban J connectivity index is 0.000000173. The minimum absolute atomic E-state index is 1.23. The molecule has 0 heteroatoms. The standard InChI is InChI=1S/2C8H12.C7H8/c2*1-2-4-6-8-7-5-3-1;1-7-5-3-2-4-6-7/h2*1-2,7-8H,3-6H2;2-6H,1H3. The van der Waals surface area contributed by atoms with Crippen LogP contribution in [0.4, 0.5) is 0 Å². The molecule has 0 N–H and O–H groups in total. The third-order valence-electron chi connectivity index (χ3n) is 3.61. The maximum Gasteiger partial charge on any atom is -0.0316 e. The van der Waals surface area contributed by atoms with E-state index in [2.05, 4.69) is 67.7 Å². The SMILES string of the molecule is C1=CCCC=CCC1.C1=CCCC=CCC1.Cc1ccccc1. The van der Waals surface area contributed by atoms with Crippen LogP contribution in [0.5, 0.6) is 0 Å². The molecular formula is C23H32. The van der Waals surface area contributed by atoms with Gasteiger partial charge in [-0.3, -0.25) is 0 Å². The Labute approximate surface area is 143 Å². The van der Waals surface area contributed by atoms with Crippen molar-refractivity contribution in [2.45, 2.75) is 58.3 Å². The van der Waals surface area contributed by atoms with Crippen LogP contribution in [0.15, 0.2) is 78.9 Å². The Morgan fingerprint density at radius 2 is 0.696 bits per heavy atom. The molecule has 0 amide bonds. The van der Waals surface area contributed by atoms with E-state index in [1.807, 2.05) is 18.2 Å². The van der Waals surface area contributed by atoms with Gasteiger partial charge in [-0.2, -0.15) is 0 Å². The van der Waals surface area contributed by atoms with Crippen LogP contribution in [0.3, 0.4) is 0 Å². The second-order valence-corrected chi connectivity index (χ2v) is 5.85. The fourth-order valence-corrected chi connectivity index (χ4v) is 2.25. The number of allylic oxidation sites excluding steroid dienone is 8. The molecule has 0 heterocycles. The minimum atomic E-state index is 1.23. The van der Waals surface area contributed by atoms with Crippen LogP contribution >= 0.6 is 0 Å². The third kappa shape index (κ3) is 13.6. The molecule has 0 aromatic heterocycles. The van der Waals surface area contributed by atoms with Crippen LogP contribution < -0.4 is 0 Å². The first kappa shape index (κ1) is 19.2. The highest BCUT2D eigenvalue weighted by Crippen LogP contribution is 2.03. The van der Waals surface area contributed by atoms with Crippen LogP contribution in [-0.4, -0.2) is 0 Å². The van der Waals surface area contributed by atoms with Crippen molar-refractivity contribution in [3.63, 3.8) is 0 Å². The van der Waals surface area contributed by atoms with Crippen molar-refractivity contribution < 1.29 is 0 Å². The van der Waals surface area contributed by atoms with Crippen LogP contribution in [-0.2, 0) is 0 Å². The number of benzene rings is 1. The molecule has 0 bridgehead atoms. The van der Waals surface area contributed by atoms with Gasteiger partial charge in [0.15, 0.2) is 0 Å². The summed E-state index contributed by atoms with van der Waals surface area (Å²) >= 11 is 0. The highest BCUT2D eigenvalue weighted by Gasteiger charge is 1.82. The molecule has 0 fully saturated rings. The van der Waals surface area contributed by atoms with Crippen molar-refractivity contribution in [1.82, 2.24) is 0 Å². The molecule has 0 spiro atoms. The van der Waals surface area contributed by atoms with Crippen molar-refractivity contribution in [1.29, 1.82) is 0 Å². The number of hydrogen-bond acceptors (Lipinski definition) is 0. The van der Waals surface area contributed by atoms with Crippen LogP contribution in [0, 0.1) is 6.92 Å². The molecule has 0 radical (unpaired) electrons. The monoisotopic (exact) mass is 308 g/mol. The summed E-state index contributed by atoms with van der Waals surface area (Å²) in [7, 11) is 0. The van der Waals surface area contributed by atoms with Gasteiger partial charge < -0.3 is 0 Å². The lowest BCUT2D eigenvalue weighted by Gasteiger charge is -1.92. The first-order valence-electron chi connectivity index (χ1n) is 9.01. The predicted octanol–water partition coefficient (Wildman–Crippen LogP) is 7.34. The maximum absolute atomic E-state index is 2.27. The molecule has 0 atom stereocenters. The van der Waals surface area contributed by atoms with Gasteiger partial charge in [0.05, 0.1) is 0 Å². The molecule has 124 valence electrons. The Bertz CT molecular complexity index is 394. The highest BCUT2D eigenvalue weighted by atomic mass is 13.9. The van der Waals surface area contributed by atoms with Crippen molar-refractivity contribution in [2.24, 2.45) is 0 Å². The fourth-order valence-electron chi connectivity index (χ4n) is 2.25. The molecule has 0 aliphatic heterocycles. The van der Waals surface area contributed by atoms with Gasteiger partial charge in [-0.15, -0.1) is 0 Å². The van der Waals surface area contributed by atoms with Gasteiger partial charge in [-0.25, -0.2) is 0 Å². The summed E-state index contributed by atoms with van der Waals surface area (Å²) in [6, 6.07) is 10.3. The minimum Gasteiger partial charge on any atom is -0.0882 e. The molecule has 23 heavy (non-hydrogen) atoms. The van der Waals surface area contributed by atoms with E-state index in [0.29, 0.717) is 0 Å². The van der Waals surface area contributed by atoms with Crippen molar-refractivity contribution in [3.05, 3.63) is 84.5 Å². The Morgan fingerprint density at radius 1 is 0.435 bits per heavy atom. The lowest BCUT2D eigenvalue weighted by Crippen LogP contribution is -1.71. The van der Waals surface area contributed by atoms with E-state index in [1.165, 1.54) is 56.9 Å². The molecule has 2 aliphatic rings. The molecule has 0 unspecified atom stereocenters. The normalized spacial score (nSPS) is 16.6. The molecule has 0 nitrogen and oxygen atoms in total. The summed E-state index contributed by atoms with van der Waals surface area (Å²) in [4.78, 5) is 0. The topological polar surface area (TPSA) is 0 Å². The number of aryl methyl sites for hydroxylation is 1. The van der Waals surface area contributed by atoms with Gasteiger partial charge in [0.1, 0.15) is 0 Å². The van der Waals surface area contributed by atoms with Crippen LogP contribution in [0.1, 0.15) is 56.9 Å². The van der Waals surface area contributed by atoms with Gasteiger partial charge in [-0.1, -0.05) is 84.5 Å². The first-order chi connectivity index (χ1) is 11.4. The molecule has 1 aromatic carbocycles. The maximum atomic E-state index is 2.27. The zero-order valence-corrected chi connectivity index (χ0v) is 14.7. The second kappa shape index (κ2) is 15.1. The average Bonchev–Trinajstić information content (AvgIpc) is 2.48. The van der Waals surface area contributed by atoms with E-state index in [1.54, 1.807) is 0 Å². The van der Waals surface area contributed by atoms with Crippen molar-refractivity contribution in [3.8, 4) is 0 Å². The highest BCUT2D eigenvalue weighted by molar-refractivity contribution is 5.11. The summed E-state index contributed by atoms with van der Waals surface area (Å²) in [6.45, 7) is 2.08. The first-order valence-corrected chi connectivity index (χ1v) is 9.01. The van der Waals surface area contributed by atoms with Crippen molar-refractivity contribution >= 4 is 0 Å². The molecule has 3 rings (SSSR count). The van der Waals surface area contributed by atoms with Crippen molar-refractivity contribution in [2.75, 3.05) is 0 Å². The molecule has 1 aromatic rings. The fraction of sp³-hybridized carbons (Fsp3) is 0.391. The van der Waals surface area contributed by atoms with Crippen LogP contribution in [0.2, 0.25) is 0 Å². The van der Waals surface area contributed by atoms with Gasteiger partial charge in [-0.05, 0) is 58.3 Å². The lowest BCUT2D eigenvalue weighted by molar-refractivity contribution is 0.962. The van der Waals surface area contributed by atoms with E-state index >= 15 is 0 Å². The van der Waals surface area contributed by atoms with E-state index < -0.39 is 0 Å². The summed E-state index contributed by atoms with van der Waals surface area (Å²) < 4.78 is 0. The Kier molecular flexibility index (Phi) is 12.6. The molecular weight excluding hydrogens is 276 g/mol. The summed E-state index contributed by atoms with van der Waals surface area (Å²) in [5, 5.41) is 0. The quantitative estimate of drug-likeness (QED) is 0.440. The summed E-state index contributed by atoms with van der Waals surface area (Å²) in [5.74, 6) is 0. The third-order valence-corrected chi connectivity index (χ3v) is 3.61. The number of rotatable bonds is 0. The average molecular weight is 309 g/mol. The smallest absolute Gasteiger partial charge is 0.0316 e. The van der Waals surface area contributed by atoms with E-state index in [-0.39, 0.29) is 0 Å². The summed E-state index contributed by atoms with van der Waals surface area (Å²) in [5.41, 5.74) is 1.32. The lowest BCUT2D eigenvalue weighted by atomic mass is 10.1. The van der Waals surface area contributed by atoms with Gasteiger partial charge in [0.25, 0.3) is 0 Å². The Hall–Kier alpha value is -1.82. The molecule has 0 saturated heterocycles. The Morgan fingerprint density at radius 3 is 0.870 bits per heavy atom. The zero-order chi connectivity index (χ0) is 16.4. The predicted molar refractivity (Wildman–Crippen MR) is 105 cm³/mol. The molecule has 0 saturated carbocycles. The molecule has 2 aliphatic carbocycles. The zero-order valence-electron chi connectivity index (χ0n) is 14.7. The second-order valence-electron chi connectivity index (χ2n) is 5.85. The van der Waals surface area contributed by atoms with Gasteiger partial charge in [0, 0.05) is 0 Å².